The second-order valence-electron chi connectivity index (χ2n) is 6.25. The van der Waals surface area contributed by atoms with Crippen molar-refractivity contribution in [2.24, 2.45) is 7.05 Å². The van der Waals surface area contributed by atoms with Crippen molar-refractivity contribution in [3.63, 3.8) is 0 Å². The Bertz CT molecular complexity index is 884. The molecule has 130 valence electrons. The number of hydrogen-bond donors (Lipinski definition) is 1. The fourth-order valence-electron chi connectivity index (χ4n) is 3.40. The van der Waals surface area contributed by atoms with Crippen LogP contribution >= 0.6 is 11.6 Å². The summed E-state index contributed by atoms with van der Waals surface area (Å²) in [6.07, 6.45) is 0.348. The summed E-state index contributed by atoms with van der Waals surface area (Å²) in [5.74, 6) is 0.581. The third-order valence-electron chi connectivity index (χ3n) is 4.73. The summed E-state index contributed by atoms with van der Waals surface area (Å²) >= 11 is 5.94. The number of carbonyl (C=O) groups excluding carboxylic acids is 1. The molecule has 3 rings (SSSR count). The number of likely N-dealkylation sites (tertiary alicyclic amines) is 1. The van der Waals surface area contributed by atoms with Gasteiger partial charge in [-0.05, 0) is 26.0 Å². The van der Waals surface area contributed by atoms with Gasteiger partial charge in [0, 0.05) is 31.8 Å². The third kappa shape index (κ3) is 2.94. The molecule has 1 aliphatic rings. The quantitative estimate of drug-likeness (QED) is 0.910. The van der Waals surface area contributed by atoms with Crippen LogP contribution in [0.2, 0.25) is 5.02 Å². The minimum atomic E-state index is -0.167. The van der Waals surface area contributed by atoms with Crippen LogP contribution in [0.4, 0.5) is 5.82 Å². The maximum absolute atomic E-state index is 12.3. The van der Waals surface area contributed by atoms with Crippen LogP contribution < -0.4 is 5.32 Å². The largest absolute Gasteiger partial charge is 0.364 e. The Morgan fingerprint density at radius 1 is 1.36 bits per heavy atom. The molecule has 2 atom stereocenters. The maximum Gasteiger partial charge on any atom is 0.225 e. The van der Waals surface area contributed by atoms with Gasteiger partial charge in [0.2, 0.25) is 5.91 Å². The highest BCUT2D eigenvalue weighted by Crippen LogP contribution is 2.36. The lowest BCUT2D eigenvalue weighted by Gasteiger charge is -2.26. The molecule has 3 heterocycles. The molecular formula is C17H19ClN6O. The average molecular weight is 359 g/mol. The summed E-state index contributed by atoms with van der Waals surface area (Å²) in [6.45, 7) is 3.95. The van der Waals surface area contributed by atoms with Gasteiger partial charge in [0.15, 0.2) is 5.69 Å². The monoisotopic (exact) mass is 358 g/mol. The Balaban J connectivity index is 1.97. The molecule has 0 bridgehead atoms. The number of hydrogen-bond acceptors (Lipinski definition) is 5. The number of halogens is 1. The number of aromatic nitrogens is 3. The van der Waals surface area contributed by atoms with E-state index in [1.807, 2.05) is 31.6 Å². The topological polar surface area (TPSA) is 86.8 Å². The van der Waals surface area contributed by atoms with Crippen molar-refractivity contribution in [2.45, 2.75) is 32.4 Å². The SMILES string of the molecule is Cc1nn(C)c(C)c1[C@H]1[C@H](Nc2ccc(Cl)c(C#N)n2)CC(=O)N1C. The van der Waals surface area contributed by atoms with Crippen molar-refractivity contribution in [1.29, 1.82) is 5.26 Å². The summed E-state index contributed by atoms with van der Waals surface area (Å²) in [5, 5.41) is 17.2. The van der Waals surface area contributed by atoms with Gasteiger partial charge in [0.05, 0.1) is 22.8 Å². The smallest absolute Gasteiger partial charge is 0.225 e. The van der Waals surface area contributed by atoms with E-state index in [9.17, 15) is 4.79 Å². The number of nitriles is 1. The number of nitrogens with one attached hydrogen (secondary N) is 1. The molecule has 0 radical (unpaired) electrons. The molecule has 1 amide bonds. The van der Waals surface area contributed by atoms with E-state index in [0.717, 1.165) is 17.0 Å². The van der Waals surface area contributed by atoms with Crippen LogP contribution in [0.15, 0.2) is 12.1 Å². The lowest BCUT2D eigenvalue weighted by molar-refractivity contribution is -0.127. The van der Waals surface area contributed by atoms with Crippen LogP contribution in [0.3, 0.4) is 0 Å². The van der Waals surface area contributed by atoms with E-state index in [1.165, 1.54) is 0 Å². The second kappa shape index (κ2) is 6.37. The molecule has 1 aliphatic heterocycles. The first-order valence-electron chi connectivity index (χ1n) is 7.92. The molecule has 1 saturated heterocycles. The molecule has 0 aromatic carbocycles. The molecule has 2 aromatic heterocycles. The Morgan fingerprint density at radius 3 is 2.68 bits per heavy atom. The van der Waals surface area contributed by atoms with Gasteiger partial charge in [-0.1, -0.05) is 11.6 Å². The molecule has 0 unspecified atom stereocenters. The Kier molecular flexibility index (Phi) is 4.39. The standard InChI is InChI=1S/C17H19ClN6O/c1-9-16(10(2)24(4)22-9)17-12(7-15(25)23(17)3)20-14-6-5-11(18)13(8-19)21-14/h5-6,12,17H,7H2,1-4H3,(H,20,21)/t12-,17-/m1/s1. The van der Waals surface area contributed by atoms with Gasteiger partial charge in [-0.25, -0.2) is 4.98 Å². The number of rotatable bonds is 3. The van der Waals surface area contributed by atoms with Gasteiger partial charge in [-0.2, -0.15) is 10.4 Å². The molecule has 1 N–H and O–H groups in total. The van der Waals surface area contributed by atoms with Crippen molar-refractivity contribution < 1.29 is 4.79 Å². The zero-order valence-electron chi connectivity index (χ0n) is 14.5. The highest BCUT2D eigenvalue weighted by molar-refractivity contribution is 6.31. The molecular weight excluding hydrogens is 340 g/mol. The first kappa shape index (κ1) is 17.2. The van der Waals surface area contributed by atoms with E-state index in [4.69, 9.17) is 16.9 Å². The van der Waals surface area contributed by atoms with Gasteiger partial charge in [-0.3, -0.25) is 9.48 Å². The lowest BCUT2D eigenvalue weighted by atomic mass is 9.98. The van der Waals surface area contributed by atoms with Crippen LogP contribution in [0, 0.1) is 25.2 Å². The normalized spacial score (nSPS) is 20.0. The summed E-state index contributed by atoms with van der Waals surface area (Å²) in [5.41, 5.74) is 3.13. The predicted molar refractivity (Wildman–Crippen MR) is 94.2 cm³/mol. The van der Waals surface area contributed by atoms with Crippen molar-refractivity contribution in [3.05, 3.63) is 39.8 Å². The first-order chi connectivity index (χ1) is 11.8. The van der Waals surface area contributed by atoms with E-state index in [0.29, 0.717) is 17.3 Å². The lowest BCUT2D eigenvalue weighted by Crippen LogP contribution is -2.31. The van der Waals surface area contributed by atoms with Crippen molar-refractivity contribution in [2.75, 3.05) is 12.4 Å². The van der Waals surface area contributed by atoms with Crippen LogP contribution in [0.5, 0.6) is 0 Å². The fourth-order valence-corrected chi connectivity index (χ4v) is 3.55. The Labute approximate surface area is 151 Å². The first-order valence-corrected chi connectivity index (χ1v) is 8.30. The molecule has 1 fully saturated rings. The van der Waals surface area contributed by atoms with Gasteiger partial charge >= 0.3 is 0 Å². The average Bonchev–Trinajstić information content (AvgIpc) is 2.97. The zero-order chi connectivity index (χ0) is 18.3. The van der Waals surface area contributed by atoms with E-state index in [2.05, 4.69) is 15.4 Å². The number of aryl methyl sites for hydroxylation is 2. The molecule has 25 heavy (non-hydrogen) atoms. The molecule has 8 heteroatoms. The summed E-state index contributed by atoms with van der Waals surface area (Å²) < 4.78 is 1.83. The van der Waals surface area contributed by atoms with Gasteiger partial charge < -0.3 is 10.2 Å². The van der Waals surface area contributed by atoms with Gasteiger partial charge in [-0.15, -0.1) is 0 Å². The molecule has 0 aliphatic carbocycles. The molecule has 2 aromatic rings. The van der Waals surface area contributed by atoms with Crippen LogP contribution in [-0.4, -0.2) is 38.7 Å². The van der Waals surface area contributed by atoms with Crippen molar-refractivity contribution in [3.8, 4) is 6.07 Å². The number of carbonyl (C=O) groups is 1. The predicted octanol–water partition coefficient (Wildman–Crippen LogP) is 2.34. The van der Waals surface area contributed by atoms with Gasteiger partial charge in [0.25, 0.3) is 0 Å². The summed E-state index contributed by atoms with van der Waals surface area (Å²) in [4.78, 5) is 18.3. The third-order valence-corrected chi connectivity index (χ3v) is 5.04. The number of anilines is 1. The van der Waals surface area contributed by atoms with Crippen LogP contribution in [-0.2, 0) is 11.8 Å². The molecule has 0 saturated carbocycles. The fraction of sp³-hybridized carbons (Fsp3) is 0.412. The highest BCUT2D eigenvalue weighted by Gasteiger charge is 2.41. The minimum Gasteiger partial charge on any atom is -0.364 e. The van der Waals surface area contributed by atoms with Crippen molar-refractivity contribution in [1.82, 2.24) is 19.7 Å². The van der Waals surface area contributed by atoms with E-state index < -0.39 is 0 Å². The Hall–Kier alpha value is -2.59. The summed E-state index contributed by atoms with van der Waals surface area (Å²) in [7, 11) is 3.70. The number of amides is 1. The minimum absolute atomic E-state index is 0.0552. The van der Waals surface area contributed by atoms with Crippen LogP contribution in [0.25, 0.3) is 0 Å². The van der Waals surface area contributed by atoms with E-state index in [-0.39, 0.29) is 23.7 Å². The number of nitrogens with zero attached hydrogens (tertiary/aromatic N) is 5. The molecule has 0 spiro atoms. The van der Waals surface area contributed by atoms with Crippen molar-refractivity contribution >= 4 is 23.3 Å². The van der Waals surface area contributed by atoms with Gasteiger partial charge in [0.1, 0.15) is 11.9 Å². The number of likely N-dealkylation sites (N-methyl/N-ethyl adjacent to an activating group) is 1. The second-order valence-corrected chi connectivity index (χ2v) is 6.66. The van der Waals surface area contributed by atoms with Crippen LogP contribution in [0.1, 0.15) is 35.1 Å². The number of pyridine rings is 1. The highest BCUT2D eigenvalue weighted by atomic mass is 35.5. The zero-order valence-corrected chi connectivity index (χ0v) is 15.3. The van der Waals surface area contributed by atoms with E-state index in [1.54, 1.807) is 24.1 Å². The Morgan fingerprint density at radius 2 is 2.08 bits per heavy atom. The maximum atomic E-state index is 12.3. The summed E-state index contributed by atoms with van der Waals surface area (Å²) in [6, 6.07) is 5.00. The molecule has 7 nitrogen and oxygen atoms in total. The van der Waals surface area contributed by atoms with E-state index >= 15 is 0 Å².